The maximum absolute atomic E-state index is 5.24. The van der Waals surface area contributed by atoms with E-state index in [1.807, 2.05) is 18.2 Å². The third-order valence-electron chi connectivity index (χ3n) is 2.58. The fourth-order valence-corrected chi connectivity index (χ4v) is 1.79. The van der Waals surface area contributed by atoms with Crippen molar-refractivity contribution in [3.8, 4) is 17.1 Å². The lowest BCUT2D eigenvalue weighted by Gasteiger charge is -2.16. The van der Waals surface area contributed by atoms with Crippen LogP contribution in [0, 0.1) is 0 Å². The van der Waals surface area contributed by atoms with Gasteiger partial charge in [-0.05, 0) is 18.2 Å². The van der Waals surface area contributed by atoms with Gasteiger partial charge >= 0.3 is 0 Å². The molecule has 0 bridgehead atoms. The van der Waals surface area contributed by atoms with E-state index in [2.05, 4.69) is 10.5 Å². The molecular weight excluding hydrogens is 192 g/mol. The van der Waals surface area contributed by atoms with Crippen LogP contribution in [0.25, 0.3) is 11.3 Å². The molecule has 0 amide bonds. The maximum atomic E-state index is 5.24. The first-order valence-corrected chi connectivity index (χ1v) is 4.74. The molecule has 76 valence electrons. The minimum absolute atomic E-state index is 0.762. The molecular formula is C11H10N2O2. The number of nitrogens with one attached hydrogen (secondary N) is 1. The third-order valence-corrected chi connectivity index (χ3v) is 2.58. The third kappa shape index (κ3) is 1.18. The van der Waals surface area contributed by atoms with Gasteiger partial charge in [0, 0.05) is 23.4 Å². The fourth-order valence-electron chi connectivity index (χ4n) is 1.79. The summed E-state index contributed by atoms with van der Waals surface area (Å²) in [6.45, 7) is 0.762. The lowest BCUT2D eigenvalue weighted by Crippen LogP contribution is -2.06. The Morgan fingerprint density at radius 3 is 3.27 bits per heavy atom. The van der Waals surface area contributed by atoms with E-state index >= 15 is 0 Å². The molecule has 15 heavy (non-hydrogen) atoms. The molecule has 0 saturated carbocycles. The maximum Gasteiger partial charge on any atom is 0.174 e. The van der Waals surface area contributed by atoms with Crippen LogP contribution < -0.4 is 10.1 Å². The molecule has 1 aliphatic heterocycles. The Labute approximate surface area is 86.8 Å². The van der Waals surface area contributed by atoms with Crippen molar-refractivity contribution in [3.05, 3.63) is 30.0 Å². The standard InChI is InChI=1S/C11H10N2O2/c1-14-8-2-3-10-9(4-8)11-7(5-12-10)6-13-15-11/h2-4,6,12H,5H2,1H3. The van der Waals surface area contributed by atoms with E-state index in [0.717, 1.165) is 34.9 Å². The van der Waals surface area contributed by atoms with Crippen LogP contribution in [0.2, 0.25) is 0 Å². The van der Waals surface area contributed by atoms with Crippen molar-refractivity contribution in [3.63, 3.8) is 0 Å². The molecule has 1 aromatic carbocycles. The Hall–Kier alpha value is -1.97. The topological polar surface area (TPSA) is 47.3 Å². The van der Waals surface area contributed by atoms with Crippen LogP contribution in [-0.2, 0) is 6.54 Å². The van der Waals surface area contributed by atoms with Gasteiger partial charge in [0.2, 0.25) is 0 Å². The van der Waals surface area contributed by atoms with E-state index in [-0.39, 0.29) is 0 Å². The van der Waals surface area contributed by atoms with Crippen LogP contribution in [0.4, 0.5) is 5.69 Å². The molecule has 0 atom stereocenters. The van der Waals surface area contributed by atoms with Gasteiger partial charge in [0.15, 0.2) is 5.76 Å². The molecule has 0 unspecified atom stereocenters. The van der Waals surface area contributed by atoms with Crippen molar-refractivity contribution in [1.29, 1.82) is 0 Å². The second-order valence-electron chi connectivity index (χ2n) is 3.45. The number of aromatic nitrogens is 1. The summed E-state index contributed by atoms with van der Waals surface area (Å²) < 4.78 is 10.4. The second-order valence-corrected chi connectivity index (χ2v) is 3.45. The number of nitrogens with zero attached hydrogens (tertiary/aromatic N) is 1. The van der Waals surface area contributed by atoms with E-state index in [1.54, 1.807) is 13.3 Å². The van der Waals surface area contributed by atoms with Gasteiger partial charge in [-0.3, -0.25) is 0 Å². The smallest absolute Gasteiger partial charge is 0.174 e. The lowest BCUT2D eigenvalue weighted by molar-refractivity contribution is 0.413. The van der Waals surface area contributed by atoms with Crippen LogP contribution in [0.5, 0.6) is 5.75 Å². The Balaban J connectivity index is 2.21. The highest BCUT2D eigenvalue weighted by Crippen LogP contribution is 2.37. The summed E-state index contributed by atoms with van der Waals surface area (Å²) in [5.74, 6) is 1.66. The molecule has 2 heterocycles. The molecule has 0 aliphatic carbocycles. The highest BCUT2D eigenvalue weighted by molar-refractivity contribution is 5.80. The summed E-state index contributed by atoms with van der Waals surface area (Å²) in [7, 11) is 1.65. The van der Waals surface area contributed by atoms with Gasteiger partial charge in [0.05, 0.1) is 13.3 Å². The zero-order chi connectivity index (χ0) is 10.3. The number of fused-ring (bicyclic) bond motifs is 3. The number of rotatable bonds is 1. The first kappa shape index (κ1) is 8.35. The van der Waals surface area contributed by atoms with Gasteiger partial charge in [-0.25, -0.2) is 0 Å². The van der Waals surface area contributed by atoms with Gasteiger partial charge < -0.3 is 14.6 Å². The summed E-state index contributed by atoms with van der Waals surface area (Å²) in [5.41, 5.74) is 3.14. The van der Waals surface area contributed by atoms with Crippen LogP contribution in [0.15, 0.2) is 28.9 Å². The monoisotopic (exact) mass is 202 g/mol. The van der Waals surface area contributed by atoms with E-state index in [4.69, 9.17) is 9.26 Å². The molecule has 1 aromatic heterocycles. The second kappa shape index (κ2) is 3.02. The quantitative estimate of drug-likeness (QED) is 0.770. The molecule has 0 spiro atoms. The van der Waals surface area contributed by atoms with Crippen LogP contribution >= 0.6 is 0 Å². The van der Waals surface area contributed by atoms with E-state index in [0.29, 0.717) is 0 Å². The van der Waals surface area contributed by atoms with Crippen molar-refractivity contribution in [1.82, 2.24) is 5.16 Å². The van der Waals surface area contributed by atoms with Gasteiger partial charge in [-0.2, -0.15) is 0 Å². The van der Waals surface area contributed by atoms with Crippen molar-refractivity contribution in [2.45, 2.75) is 6.54 Å². The number of ether oxygens (including phenoxy) is 1. The summed E-state index contributed by atoms with van der Waals surface area (Å²) in [6.07, 6.45) is 1.74. The number of benzene rings is 1. The average Bonchev–Trinajstić information content (AvgIpc) is 2.76. The molecule has 0 radical (unpaired) electrons. The number of hydrogen-bond donors (Lipinski definition) is 1. The Bertz CT molecular complexity index is 505. The number of hydrogen-bond acceptors (Lipinski definition) is 4. The predicted molar refractivity (Wildman–Crippen MR) is 55.8 cm³/mol. The summed E-state index contributed by atoms with van der Waals surface area (Å²) in [5, 5.41) is 7.10. The first-order chi connectivity index (χ1) is 7.38. The van der Waals surface area contributed by atoms with Gasteiger partial charge in [0.1, 0.15) is 5.75 Å². The van der Waals surface area contributed by atoms with E-state index in [1.165, 1.54) is 0 Å². The zero-order valence-corrected chi connectivity index (χ0v) is 8.28. The molecule has 4 nitrogen and oxygen atoms in total. The molecule has 0 saturated heterocycles. The normalized spacial score (nSPS) is 12.6. The SMILES string of the molecule is COc1ccc2c(c1)-c1oncc1CN2. The van der Waals surface area contributed by atoms with E-state index < -0.39 is 0 Å². The first-order valence-electron chi connectivity index (χ1n) is 4.74. The lowest BCUT2D eigenvalue weighted by atomic mass is 10.0. The van der Waals surface area contributed by atoms with Gasteiger partial charge in [0.25, 0.3) is 0 Å². The molecule has 0 fully saturated rings. The van der Waals surface area contributed by atoms with E-state index in [9.17, 15) is 0 Å². The fraction of sp³-hybridized carbons (Fsp3) is 0.182. The summed E-state index contributed by atoms with van der Waals surface area (Å²) in [4.78, 5) is 0. The minimum atomic E-state index is 0.762. The molecule has 4 heteroatoms. The minimum Gasteiger partial charge on any atom is -0.497 e. The summed E-state index contributed by atoms with van der Waals surface area (Å²) in [6, 6.07) is 5.86. The average molecular weight is 202 g/mol. The van der Waals surface area contributed by atoms with Crippen LogP contribution in [-0.4, -0.2) is 12.3 Å². The number of anilines is 1. The Morgan fingerprint density at radius 1 is 1.47 bits per heavy atom. The van der Waals surface area contributed by atoms with Gasteiger partial charge in [-0.1, -0.05) is 5.16 Å². The Morgan fingerprint density at radius 2 is 2.40 bits per heavy atom. The predicted octanol–water partition coefficient (Wildman–Crippen LogP) is 2.28. The van der Waals surface area contributed by atoms with Crippen molar-refractivity contribution < 1.29 is 9.26 Å². The highest BCUT2D eigenvalue weighted by Gasteiger charge is 2.19. The van der Waals surface area contributed by atoms with Gasteiger partial charge in [-0.15, -0.1) is 0 Å². The molecule has 1 aliphatic rings. The molecule has 1 N–H and O–H groups in total. The highest BCUT2D eigenvalue weighted by atomic mass is 16.5. The summed E-state index contributed by atoms with van der Waals surface area (Å²) >= 11 is 0. The largest absolute Gasteiger partial charge is 0.497 e. The molecule has 2 aromatic rings. The van der Waals surface area contributed by atoms with Crippen LogP contribution in [0.3, 0.4) is 0 Å². The van der Waals surface area contributed by atoms with Crippen molar-refractivity contribution in [2.24, 2.45) is 0 Å². The molecule has 3 rings (SSSR count). The van der Waals surface area contributed by atoms with Crippen molar-refractivity contribution >= 4 is 5.69 Å². The van der Waals surface area contributed by atoms with Crippen molar-refractivity contribution in [2.75, 3.05) is 12.4 Å². The number of methoxy groups -OCH3 is 1. The Kier molecular flexibility index (Phi) is 1.68. The zero-order valence-electron chi connectivity index (χ0n) is 8.28. The van der Waals surface area contributed by atoms with Crippen LogP contribution in [0.1, 0.15) is 5.56 Å².